The number of aromatic nitrogens is 1. The van der Waals surface area contributed by atoms with Crippen LogP contribution >= 0.6 is 22.7 Å². The Morgan fingerprint density at radius 1 is 0.474 bits per heavy atom. The van der Waals surface area contributed by atoms with Crippen LogP contribution in [0.4, 0.5) is 0 Å². The van der Waals surface area contributed by atoms with E-state index in [1.54, 1.807) is 0 Å². The van der Waals surface area contributed by atoms with E-state index in [4.69, 9.17) is 4.99 Å². The molecule has 0 aliphatic carbocycles. The Morgan fingerprint density at radius 3 is 1.86 bits per heavy atom. The molecule has 57 heavy (non-hydrogen) atoms. The number of amidine groups is 1. The number of hydrogen-bond donors (Lipinski definition) is 2. The molecule has 2 N–H and O–H groups in total. The molecular weight excluding hydrogens is 733 g/mol. The first-order valence-electron chi connectivity index (χ1n) is 19.4. The van der Waals surface area contributed by atoms with Gasteiger partial charge in [-0.15, -0.1) is 22.7 Å². The van der Waals surface area contributed by atoms with Gasteiger partial charge < -0.3 is 9.88 Å². The zero-order valence-electron chi connectivity index (χ0n) is 30.7. The van der Waals surface area contributed by atoms with Gasteiger partial charge in [-0.05, 0) is 59.2 Å². The van der Waals surface area contributed by atoms with Crippen molar-refractivity contribution in [2.24, 2.45) is 4.99 Å². The van der Waals surface area contributed by atoms with Crippen molar-refractivity contribution in [3.8, 4) is 16.8 Å². The van der Waals surface area contributed by atoms with Crippen molar-refractivity contribution in [3.05, 3.63) is 199 Å². The predicted octanol–water partition coefficient (Wildman–Crippen LogP) is 13.5. The molecule has 3 aromatic heterocycles. The van der Waals surface area contributed by atoms with Gasteiger partial charge in [0.2, 0.25) is 0 Å². The summed E-state index contributed by atoms with van der Waals surface area (Å²) in [6.45, 7) is 0. The van der Waals surface area contributed by atoms with Crippen LogP contribution in [-0.4, -0.2) is 10.4 Å². The minimum atomic E-state index is -0.220. The first-order chi connectivity index (χ1) is 28.2. The molecule has 0 fully saturated rings. The fourth-order valence-electron chi connectivity index (χ4n) is 8.83. The second-order valence-corrected chi connectivity index (χ2v) is 16.9. The highest BCUT2D eigenvalue weighted by Gasteiger charge is 2.27. The van der Waals surface area contributed by atoms with E-state index >= 15 is 0 Å². The van der Waals surface area contributed by atoms with Gasteiger partial charge in [-0.25, -0.2) is 4.99 Å². The van der Waals surface area contributed by atoms with Gasteiger partial charge in [-0.1, -0.05) is 140 Å². The van der Waals surface area contributed by atoms with Gasteiger partial charge in [0.05, 0.1) is 11.0 Å². The second kappa shape index (κ2) is 13.0. The Bertz CT molecular complexity index is 3320. The molecule has 12 rings (SSSR count). The van der Waals surface area contributed by atoms with Gasteiger partial charge in [0.15, 0.2) is 0 Å². The summed E-state index contributed by atoms with van der Waals surface area (Å²) >= 11 is 3.75. The molecule has 0 amide bonds. The summed E-state index contributed by atoms with van der Waals surface area (Å²) in [7, 11) is 0. The van der Waals surface area contributed by atoms with Crippen molar-refractivity contribution in [3.63, 3.8) is 0 Å². The normalized spacial score (nSPS) is 15.9. The Labute approximate surface area is 337 Å². The van der Waals surface area contributed by atoms with E-state index in [9.17, 15) is 0 Å². The zero-order chi connectivity index (χ0) is 37.5. The maximum atomic E-state index is 5.29. The standard InChI is InChI=1S/C51H34N4S2/c1-3-13-31(14-4-1)49-52-50(32-15-5-2-6-16-32)54-51(53-49)40-22-12-21-38-41-29-33(25-27-45(41)57-48(38)40)35-19-11-20-39-42-30-34(26-28-46(42)56-47(35)39)55-43-23-9-7-17-36(43)37-18-8-10-24-44(37)55/h1-30,49,51,53H,(H,52,54). The third-order valence-corrected chi connectivity index (χ3v) is 14.0. The SMILES string of the molecule is c1ccc(C2=NC(c3cccc4c3sc3ccc(-c5cccc6c5sc5ccc(-n7c8ccccc8c8ccccc87)cc56)cc34)NC(c3ccccc3)N2)cc1. The first kappa shape index (κ1) is 32.7. The Balaban J connectivity index is 0.967. The van der Waals surface area contributed by atoms with E-state index in [-0.39, 0.29) is 12.3 Å². The summed E-state index contributed by atoms with van der Waals surface area (Å²) in [6, 6.07) is 66.0. The number of thiophene rings is 2. The highest BCUT2D eigenvalue weighted by Crippen LogP contribution is 2.45. The van der Waals surface area contributed by atoms with Crippen molar-refractivity contribution in [2.75, 3.05) is 0 Å². The molecule has 2 unspecified atom stereocenters. The lowest BCUT2D eigenvalue weighted by molar-refractivity contribution is 0.411. The fraction of sp³-hybridized carbons (Fsp3) is 0.0392. The highest BCUT2D eigenvalue weighted by molar-refractivity contribution is 7.26. The summed E-state index contributed by atoms with van der Waals surface area (Å²) in [5, 5.41) is 15.2. The molecule has 0 bridgehead atoms. The number of fused-ring (bicyclic) bond motifs is 9. The number of rotatable bonds is 5. The van der Waals surface area contributed by atoms with E-state index in [0.717, 1.165) is 11.4 Å². The predicted molar refractivity (Wildman–Crippen MR) is 243 cm³/mol. The van der Waals surface area contributed by atoms with Crippen LogP contribution < -0.4 is 10.6 Å². The zero-order valence-corrected chi connectivity index (χ0v) is 32.3. The van der Waals surface area contributed by atoms with Crippen molar-refractivity contribution in [1.29, 1.82) is 0 Å². The van der Waals surface area contributed by atoms with Crippen LogP contribution in [0.25, 0.3) is 79.0 Å². The van der Waals surface area contributed by atoms with Crippen LogP contribution in [0.2, 0.25) is 0 Å². The molecule has 0 spiro atoms. The van der Waals surface area contributed by atoms with Gasteiger partial charge in [0, 0.05) is 67.9 Å². The fourth-order valence-corrected chi connectivity index (χ4v) is 11.3. The van der Waals surface area contributed by atoms with E-state index in [1.165, 1.54) is 90.1 Å². The lowest BCUT2D eigenvalue weighted by atomic mass is 9.99. The second-order valence-electron chi connectivity index (χ2n) is 14.8. The molecule has 0 saturated heterocycles. The van der Waals surface area contributed by atoms with Crippen LogP contribution in [0.1, 0.15) is 29.0 Å². The van der Waals surface area contributed by atoms with Crippen molar-refractivity contribution in [1.82, 2.24) is 15.2 Å². The van der Waals surface area contributed by atoms with Crippen LogP contribution in [0.3, 0.4) is 0 Å². The number of para-hydroxylation sites is 2. The smallest absolute Gasteiger partial charge is 0.131 e. The number of aliphatic imine (C=N–C) groups is 1. The van der Waals surface area contributed by atoms with Crippen LogP contribution in [0, 0.1) is 0 Å². The molecule has 2 atom stereocenters. The van der Waals surface area contributed by atoms with Crippen molar-refractivity contribution in [2.45, 2.75) is 12.3 Å². The number of nitrogens with zero attached hydrogens (tertiary/aromatic N) is 2. The monoisotopic (exact) mass is 766 g/mol. The highest BCUT2D eigenvalue weighted by atomic mass is 32.1. The molecular formula is C51H34N4S2. The van der Waals surface area contributed by atoms with Gasteiger partial charge in [0.1, 0.15) is 18.2 Å². The molecule has 270 valence electrons. The summed E-state index contributed by atoms with van der Waals surface area (Å²) in [6.07, 6.45) is -0.303. The molecule has 11 aromatic rings. The Hall–Kier alpha value is -6.57. The minimum Gasteiger partial charge on any atom is -0.350 e. The van der Waals surface area contributed by atoms with Gasteiger partial charge in [0.25, 0.3) is 0 Å². The van der Waals surface area contributed by atoms with Crippen LogP contribution in [0.15, 0.2) is 187 Å². The maximum absolute atomic E-state index is 5.29. The minimum absolute atomic E-state index is 0.0833. The number of nitrogens with one attached hydrogen (secondary N) is 2. The maximum Gasteiger partial charge on any atom is 0.131 e. The van der Waals surface area contributed by atoms with Crippen LogP contribution in [-0.2, 0) is 0 Å². The summed E-state index contributed by atoms with van der Waals surface area (Å²) in [5.41, 5.74) is 9.60. The van der Waals surface area contributed by atoms with Gasteiger partial charge >= 0.3 is 0 Å². The Morgan fingerprint density at radius 2 is 1.09 bits per heavy atom. The van der Waals surface area contributed by atoms with E-state index in [2.05, 4.69) is 197 Å². The van der Waals surface area contributed by atoms with Gasteiger partial charge in [-0.3, -0.25) is 5.32 Å². The first-order valence-corrected chi connectivity index (χ1v) is 21.0. The third kappa shape index (κ3) is 5.26. The summed E-state index contributed by atoms with van der Waals surface area (Å²) < 4.78 is 7.58. The molecule has 8 aromatic carbocycles. The topological polar surface area (TPSA) is 41.4 Å². The van der Waals surface area contributed by atoms with Crippen molar-refractivity contribution < 1.29 is 0 Å². The summed E-state index contributed by atoms with van der Waals surface area (Å²) in [4.78, 5) is 5.29. The number of benzene rings is 8. The molecule has 4 nitrogen and oxygen atoms in total. The average molecular weight is 767 g/mol. The van der Waals surface area contributed by atoms with E-state index < -0.39 is 0 Å². The summed E-state index contributed by atoms with van der Waals surface area (Å²) in [5.74, 6) is 0.896. The van der Waals surface area contributed by atoms with Gasteiger partial charge in [-0.2, -0.15) is 0 Å². The largest absolute Gasteiger partial charge is 0.350 e. The lowest BCUT2D eigenvalue weighted by Gasteiger charge is -2.32. The molecule has 0 saturated carbocycles. The molecule has 0 radical (unpaired) electrons. The number of hydrogen-bond acceptors (Lipinski definition) is 5. The van der Waals surface area contributed by atoms with Crippen LogP contribution in [0.5, 0.6) is 0 Å². The molecule has 6 heteroatoms. The molecule has 1 aliphatic rings. The lowest BCUT2D eigenvalue weighted by Crippen LogP contribution is -2.44. The average Bonchev–Trinajstić information content (AvgIpc) is 3.96. The van der Waals surface area contributed by atoms with E-state index in [1.807, 2.05) is 22.7 Å². The molecule has 4 heterocycles. The van der Waals surface area contributed by atoms with E-state index in [0.29, 0.717) is 0 Å². The van der Waals surface area contributed by atoms with Crippen molar-refractivity contribution >= 4 is 90.7 Å². The quantitative estimate of drug-likeness (QED) is 0.183. The molecule has 1 aliphatic heterocycles. The third-order valence-electron chi connectivity index (χ3n) is 11.5. The Kier molecular flexibility index (Phi) is 7.45.